The van der Waals surface area contributed by atoms with E-state index in [1.54, 1.807) is 6.07 Å². The van der Waals surface area contributed by atoms with E-state index in [2.05, 4.69) is 0 Å². The van der Waals surface area contributed by atoms with Crippen LogP contribution < -0.4 is 5.56 Å². The first-order valence-electron chi connectivity index (χ1n) is 5.47. The fourth-order valence-corrected chi connectivity index (χ4v) is 1.41. The summed E-state index contributed by atoms with van der Waals surface area (Å²) in [6.45, 7) is 4.87. The number of halogens is 3. The quantitative estimate of drug-likeness (QED) is 0.887. The molecule has 0 aliphatic rings. The third-order valence-electron chi connectivity index (χ3n) is 2.60. The second kappa shape index (κ2) is 4.76. The van der Waals surface area contributed by atoms with Crippen LogP contribution in [0.1, 0.15) is 26.3 Å². The largest absolute Gasteiger partial charge is 0.416 e. The van der Waals surface area contributed by atoms with Crippen molar-refractivity contribution in [2.24, 2.45) is 0 Å². The molecule has 1 N–H and O–H groups in total. The molecule has 1 atom stereocenters. The van der Waals surface area contributed by atoms with Crippen molar-refractivity contribution in [3.8, 4) is 0 Å². The van der Waals surface area contributed by atoms with Crippen LogP contribution in [0, 0.1) is 0 Å². The normalized spacial score (nSPS) is 14.6. The number of aromatic nitrogens is 1. The molecular formula is C12H16F3NO2. The average molecular weight is 263 g/mol. The molecule has 0 saturated carbocycles. The Bertz CT molecular complexity index is 471. The molecule has 0 radical (unpaired) electrons. The monoisotopic (exact) mass is 263 g/mol. The second-order valence-electron chi connectivity index (χ2n) is 5.22. The van der Waals surface area contributed by atoms with Crippen LogP contribution in [-0.4, -0.2) is 22.0 Å². The number of aliphatic hydroxyl groups is 1. The number of hydrogen-bond donors (Lipinski definition) is 1. The highest BCUT2D eigenvalue weighted by Gasteiger charge is 2.38. The van der Waals surface area contributed by atoms with E-state index >= 15 is 0 Å². The van der Waals surface area contributed by atoms with Crippen molar-refractivity contribution in [3.63, 3.8) is 0 Å². The van der Waals surface area contributed by atoms with Crippen LogP contribution in [0.3, 0.4) is 0 Å². The molecule has 0 fully saturated rings. The van der Waals surface area contributed by atoms with E-state index in [-0.39, 0.29) is 5.41 Å². The maximum atomic E-state index is 12.2. The van der Waals surface area contributed by atoms with Crippen molar-refractivity contribution in [1.82, 2.24) is 4.57 Å². The minimum absolute atomic E-state index is 0.279. The van der Waals surface area contributed by atoms with E-state index in [0.29, 0.717) is 0 Å². The molecule has 18 heavy (non-hydrogen) atoms. The predicted molar refractivity (Wildman–Crippen MR) is 61.5 cm³/mol. The van der Waals surface area contributed by atoms with E-state index in [1.165, 1.54) is 12.3 Å². The Morgan fingerprint density at radius 3 is 2.28 bits per heavy atom. The number of rotatable bonds is 2. The summed E-state index contributed by atoms with van der Waals surface area (Å²) in [7, 11) is 0. The number of hydrogen-bond acceptors (Lipinski definition) is 2. The Kier molecular flexibility index (Phi) is 3.90. The third-order valence-corrected chi connectivity index (χ3v) is 2.60. The van der Waals surface area contributed by atoms with Crippen molar-refractivity contribution in [1.29, 1.82) is 0 Å². The first-order valence-corrected chi connectivity index (χ1v) is 5.47. The van der Waals surface area contributed by atoms with Crippen LogP contribution in [-0.2, 0) is 12.0 Å². The molecule has 0 aliphatic heterocycles. The van der Waals surface area contributed by atoms with Gasteiger partial charge >= 0.3 is 6.18 Å². The smallest absolute Gasteiger partial charge is 0.382 e. The highest BCUT2D eigenvalue weighted by atomic mass is 19.4. The number of alkyl halides is 3. The lowest BCUT2D eigenvalue weighted by Crippen LogP contribution is -2.36. The zero-order chi connectivity index (χ0) is 14.1. The van der Waals surface area contributed by atoms with Gasteiger partial charge in [0.2, 0.25) is 0 Å². The van der Waals surface area contributed by atoms with E-state index in [0.717, 1.165) is 10.1 Å². The number of aliphatic hydroxyl groups excluding tert-OH is 1. The maximum absolute atomic E-state index is 12.2. The molecule has 6 heteroatoms. The molecular weight excluding hydrogens is 247 g/mol. The predicted octanol–water partition coefficient (Wildman–Crippen LogP) is 2.07. The van der Waals surface area contributed by atoms with E-state index in [9.17, 15) is 18.0 Å². The summed E-state index contributed by atoms with van der Waals surface area (Å²) in [6, 6.07) is 2.79. The number of nitrogens with zero attached hydrogens (tertiary/aromatic N) is 1. The first kappa shape index (κ1) is 14.8. The summed E-state index contributed by atoms with van der Waals surface area (Å²) < 4.78 is 37.6. The van der Waals surface area contributed by atoms with Crippen molar-refractivity contribution < 1.29 is 18.3 Å². The standard InChI is InChI=1S/C12H16F3NO2/c1-11(2,3)8-4-5-10(18)16(6-8)7-9(17)12(13,14)15/h4-6,9,17H,7H2,1-3H3/t9-/m0/s1. The maximum Gasteiger partial charge on any atom is 0.416 e. The lowest BCUT2D eigenvalue weighted by Gasteiger charge is -2.21. The van der Waals surface area contributed by atoms with Gasteiger partial charge < -0.3 is 9.67 Å². The summed E-state index contributed by atoms with van der Waals surface area (Å²) in [5.74, 6) is 0. The second-order valence-corrected chi connectivity index (χ2v) is 5.22. The Morgan fingerprint density at radius 2 is 1.83 bits per heavy atom. The highest BCUT2D eigenvalue weighted by molar-refractivity contribution is 5.19. The molecule has 0 aliphatic carbocycles. The lowest BCUT2D eigenvalue weighted by molar-refractivity contribution is -0.207. The summed E-state index contributed by atoms with van der Waals surface area (Å²) in [5, 5.41) is 8.97. The summed E-state index contributed by atoms with van der Waals surface area (Å²) in [5.41, 5.74) is -0.110. The fourth-order valence-electron chi connectivity index (χ4n) is 1.41. The van der Waals surface area contributed by atoms with Gasteiger partial charge in [0.15, 0.2) is 6.10 Å². The molecule has 102 valence electrons. The van der Waals surface area contributed by atoms with Gasteiger partial charge in [0.05, 0.1) is 6.54 Å². The van der Waals surface area contributed by atoms with Gasteiger partial charge in [-0.3, -0.25) is 4.79 Å². The molecule has 0 unspecified atom stereocenters. The Hall–Kier alpha value is -1.30. The zero-order valence-corrected chi connectivity index (χ0v) is 10.5. The molecule has 0 saturated heterocycles. The fraction of sp³-hybridized carbons (Fsp3) is 0.583. The summed E-state index contributed by atoms with van der Waals surface area (Å²) in [4.78, 5) is 11.4. The van der Waals surface area contributed by atoms with Gasteiger partial charge in [0, 0.05) is 12.3 Å². The van der Waals surface area contributed by atoms with Gasteiger partial charge in [-0.05, 0) is 11.0 Å². The van der Waals surface area contributed by atoms with Crippen LogP contribution in [0.4, 0.5) is 13.2 Å². The summed E-state index contributed by atoms with van der Waals surface area (Å²) in [6.07, 6.45) is -5.90. The topological polar surface area (TPSA) is 42.2 Å². The van der Waals surface area contributed by atoms with E-state index in [4.69, 9.17) is 5.11 Å². The van der Waals surface area contributed by atoms with Gasteiger partial charge in [-0.15, -0.1) is 0 Å². The molecule has 0 amide bonds. The van der Waals surface area contributed by atoms with Crippen LogP contribution in [0.25, 0.3) is 0 Å². The number of pyridine rings is 1. The van der Waals surface area contributed by atoms with Crippen molar-refractivity contribution in [3.05, 3.63) is 34.2 Å². The molecule has 3 nitrogen and oxygen atoms in total. The van der Waals surface area contributed by atoms with Crippen molar-refractivity contribution in [2.75, 3.05) is 0 Å². The minimum Gasteiger partial charge on any atom is -0.382 e. The Balaban J connectivity index is 3.07. The molecule has 1 aromatic rings. The van der Waals surface area contributed by atoms with Gasteiger partial charge in [0.25, 0.3) is 5.56 Å². The minimum atomic E-state index is -4.73. The van der Waals surface area contributed by atoms with E-state index in [1.807, 2.05) is 20.8 Å². The molecule has 0 spiro atoms. The van der Waals surface area contributed by atoms with Gasteiger partial charge in [-0.25, -0.2) is 0 Å². The van der Waals surface area contributed by atoms with Crippen LogP contribution in [0.2, 0.25) is 0 Å². The molecule has 0 aromatic carbocycles. The van der Waals surface area contributed by atoms with Crippen LogP contribution >= 0.6 is 0 Å². The van der Waals surface area contributed by atoms with Crippen molar-refractivity contribution in [2.45, 2.75) is 45.0 Å². The third kappa shape index (κ3) is 3.60. The van der Waals surface area contributed by atoms with Gasteiger partial charge in [-0.1, -0.05) is 26.8 Å². The Labute approximate surface area is 103 Å². The zero-order valence-electron chi connectivity index (χ0n) is 10.5. The molecule has 1 aromatic heterocycles. The summed E-state index contributed by atoms with van der Waals surface area (Å²) >= 11 is 0. The lowest BCUT2D eigenvalue weighted by atomic mass is 9.88. The van der Waals surface area contributed by atoms with Crippen LogP contribution in [0.15, 0.2) is 23.1 Å². The molecule has 1 heterocycles. The highest BCUT2D eigenvalue weighted by Crippen LogP contribution is 2.23. The van der Waals surface area contributed by atoms with E-state index < -0.39 is 24.4 Å². The molecule has 1 rings (SSSR count). The van der Waals surface area contributed by atoms with Crippen molar-refractivity contribution >= 4 is 0 Å². The first-order chi connectivity index (χ1) is 8.01. The Morgan fingerprint density at radius 1 is 1.28 bits per heavy atom. The average Bonchev–Trinajstić information content (AvgIpc) is 2.18. The van der Waals surface area contributed by atoms with Gasteiger partial charge in [0.1, 0.15) is 0 Å². The van der Waals surface area contributed by atoms with Crippen LogP contribution in [0.5, 0.6) is 0 Å². The SMILES string of the molecule is CC(C)(C)c1ccc(=O)n(C[C@H](O)C(F)(F)F)c1. The molecule has 0 bridgehead atoms. The van der Waals surface area contributed by atoms with Gasteiger partial charge in [-0.2, -0.15) is 13.2 Å².